The molecule has 0 N–H and O–H groups in total. The summed E-state index contributed by atoms with van der Waals surface area (Å²) in [7, 11) is 0. The van der Waals surface area contributed by atoms with Crippen molar-refractivity contribution in [1.82, 2.24) is 4.98 Å². The Kier molecular flexibility index (Phi) is 3.19. The van der Waals surface area contributed by atoms with E-state index in [0.717, 1.165) is 33.5 Å². The summed E-state index contributed by atoms with van der Waals surface area (Å²) in [4.78, 5) is 19.0. The predicted molar refractivity (Wildman–Crippen MR) is 101 cm³/mol. The summed E-state index contributed by atoms with van der Waals surface area (Å²) in [6.07, 6.45) is 0. The first kappa shape index (κ1) is 14.9. The van der Waals surface area contributed by atoms with Crippen molar-refractivity contribution in [2.45, 2.75) is 13.5 Å². The Hall–Kier alpha value is -3.40. The Morgan fingerprint density at radius 3 is 2.73 bits per heavy atom. The van der Waals surface area contributed by atoms with Crippen LogP contribution in [0.5, 0.6) is 0 Å². The first-order valence-electron chi connectivity index (χ1n) is 8.56. The molecule has 1 amide bonds. The molecule has 0 aliphatic carbocycles. The van der Waals surface area contributed by atoms with Crippen molar-refractivity contribution in [3.05, 3.63) is 83.4 Å². The molecule has 1 aliphatic heterocycles. The van der Waals surface area contributed by atoms with Crippen molar-refractivity contribution in [3.8, 4) is 11.5 Å². The van der Waals surface area contributed by atoms with Crippen LogP contribution in [-0.4, -0.2) is 10.9 Å². The van der Waals surface area contributed by atoms with E-state index in [1.807, 2.05) is 73.7 Å². The molecule has 0 saturated carbocycles. The van der Waals surface area contributed by atoms with Crippen molar-refractivity contribution >= 4 is 22.7 Å². The molecule has 4 nitrogen and oxygen atoms in total. The number of hydrogen-bond acceptors (Lipinski definition) is 3. The summed E-state index contributed by atoms with van der Waals surface area (Å²) in [6.45, 7) is 2.63. The molecule has 126 valence electrons. The molecule has 26 heavy (non-hydrogen) atoms. The number of hydrogen-bond donors (Lipinski definition) is 0. The number of rotatable bonds is 2. The fourth-order valence-electron chi connectivity index (χ4n) is 3.45. The van der Waals surface area contributed by atoms with Crippen LogP contribution < -0.4 is 4.90 Å². The van der Waals surface area contributed by atoms with Gasteiger partial charge in [-0.15, -0.1) is 0 Å². The highest BCUT2D eigenvalue weighted by molar-refractivity contribution is 6.10. The average molecular weight is 340 g/mol. The molecule has 0 spiro atoms. The van der Waals surface area contributed by atoms with Gasteiger partial charge in [0, 0.05) is 22.9 Å². The number of benzene rings is 3. The zero-order valence-corrected chi connectivity index (χ0v) is 14.3. The lowest BCUT2D eigenvalue weighted by molar-refractivity contribution is 0.0996. The van der Waals surface area contributed by atoms with Gasteiger partial charge in [-0.25, -0.2) is 4.98 Å². The van der Waals surface area contributed by atoms with E-state index < -0.39 is 0 Å². The molecule has 5 rings (SSSR count). The smallest absolute Gasteiger partial charge is 0.258 e. The maximum absolute atomic E-state index is 12.7. The largest absolute Gasteiger partial charge is 0.436 e. The Bertz CT molecular complexity index is 1160. The molecule has 0 saturated heterocycles. The van der Waals surface area contributed by atoms with E-state index in [0.29, 0.717) is 18.0 Å². The minimum absolute atomic E-state index is 0.0263. The first-order chi connectivity index (χ1) is 12.7. The molecule has 4 aromatic rings. The van der Waals surface area contributed by atoms with Gasteiger partial charge in [0.15, 0.2) is 5.58 Å². The van der Waals surface area contributed by atoms with E-state index in [1.165, 1.54) is 0 Å². The van der Waals surface area contributed by atoms with E-state index in [1.54, 1.807) is 4.90 Å². The molecule has 1 aliphatic rings. The van der Waals surface area contributed by atoms with Crippen molar-refractivity contribution in [2.24, 2.45) is 0 Å². The first-order valence-corrected chi connectivity index (χ1v) is 8.56. The highest BCUT2D eigenvalue weighted by Gasteiger charge is 2.28. The van der Waals surface area contributed by atoms with Crippen molar-refractivity contribution in [2.75, 3.05) is 4.90 Å². The van der Waals surface area contributed by atoms with Crippen LogP contribution in [0.15, 0.2) is 71.1 Å². The average Bonchev–Trinajstić information content (AvgIpc) is 3.23. The minimum atomic E-state index is 0.0263. The van der Waals surface area contributed by atoms with Gasteiger partial charge in [0.05, 0.1) is 6.54 Å². The quantitative estimate of drug-likeness (QED) is 0.518. The molecule has 0 radical (unpaired) electrons. The lowest BCUT2D eigenvalue weighted by Crippen LogP contribution is -2.22. The van der Waals surface area contributed by atoms with Gasteiger partial charge in [-0.1, -0.05) is 35.9 Å². The standard InChI is InChI=1S/C22H16N2O2/c1-14-5-4-7-15(11-14)21-23-19-10-9-17(12-20(19)26-21)24-13-16-6-2-3-8-18(16)22(24)25/h2-12H,13H2,1H3. The van der Waals surface area contributed by atoms with Gasteiger partial charge in [0.1, 0.15) is 5.52 Å². The van der Waals surface area contributed by atoms with E-state index in [2.05, 4.69) is 4.98 Å². The number of carbonyl (C=O) groups is 1. The number of fused-ring (bicyclic) bond motifs is 2. The second-order valence-corrected chi connectivity index (χ2v) is 6.59. The number of nitrogens with zero attached hydrogens (tertiary/aromatic N) is 2. The predicted octanol–water partition coefficient (Wildman–Crippen LogP) is 4.96. The molecule has 2 heterocycles. The number of anilines is 1. The lowest BCUT2D eigenvalue weighted by atomic mass is 10.1. The van der Waals surface area contributed by atoms with Gasteiger partial charge >= 0.3 is 0 Å². The number of aryl methyl sites for hydroxylation is 1. The zero-order valence-electron chi connectivity index (χ0n) is 14.3. The molecule has 1 aromatic heterocycles. The zero-order chi connectivity index (χ0) is 17.7. The van der Waals surface area contributed by atoms with Crippen LogP contribution in [0.3, 0.4) is 0 Å². The van der Waals surface area contributed by atoms with Gasteiger partial charge in [-0.3, -0.25) is 4.79 Å². The summed E-state index contributed by atoms with van der Waals surface area (Å²) < 4.78 is 5.97. The van der Waals surface area contributed by atoms with E-state index in [9.17, 15) is 4.79 Å². The SMILES string of the molecule is Cc1cccc(-c2nc3ccc(N4Cc5ccccc5C4=O)cc3o2)c1. The normalized spacial score (nSPS) is 13.4. The number of carbonyl (C=O) groups excluding carboxylic acids is 1. The van der Waals surface area contributed by atoms with E-state index >= 15 is 0 Å². The highest BCUT2D eigenvalue weighted by atomic mass is 16.3. The van der Waals surface area contributed by atoms with Crippen molar-refractivity contribution in [3.63, 3.8) is 0 Å². The van der Waals surface area contributed by atoms with E-state index in [4.69, 9.17) is 4.42 Å². The summed E-state index contributed by atoms with van der Waals surface area (Å²) in [5, 5.41) is 0. The summed E-state index contributed by atoms with van der Waals surface area (Å²) in [5.41, 5.74) is 6.22. The van der Waals surface area contributed by atoms with E-state index in [-0.39, 0.29) is 5.91 Å². The molecule has 0 fully saturated rings. The second-order valence-electron chi connectivity index (χ2n) is 6.59. The topological polar surface area (TPSA) is 46.3 Å². The number of aromatic nitrogens is 1. The number of amides is 1. The summed E-state index contributed by atoms with van der Waals surface area (Å²) in [6, 6.07) is 21.5. The fraction of sp³-hybridized carbons (Fsp3) is 0.0909. The fourth-order valence-corrected chi connectivity index (χ4v) is 3.45. The number of oxazole rings is 1. The van der Waals surface area contributed by atoms with Crippen LogP contribution in [0.1, 0.15) is 21.5 Å². The Morgan fingerprint density at radius 1 is 1.00 bits per heavy atom. The van der Waals surface area contributed by atoms with Crippen LogP contribution in [0.2, 0.25) is 0 Å². The van der Waals surface area contributed by atoms with Crippen LogP contribution in [-0.2, 0) is 6.54 Å². The summed E-state index contributed by atoms with van der Waals surface area (Å²) >= 11 is 0. The molecule has 4 heteroatoms. The molecular weight excluding hydrogens is 324 g/mol. The van der Waals surface area contributed by atoms with Gasteiger partial charge in [-0.2, -0.15) is 0 Å². The molecule has 0 atom stereocenters. The van der Waals surface area contributed by atoms with Crippen molar-refractivity contribution in [1.29, 1.82) is 0 Å². The lowest BCUT2D eigenvalue weighted by Gasteiger charge is -2.15. The van der Waals surface area contributed by atoms with Crippen LogP contribution in [0.25, 0.3) is 22.6 Å². The third-order valence-electron chi connectivity index (χ3n) is 4.77. The Labute approximate surface area is 150 Å². The van der Waals surface area contributed by atoms with Crippen LogP contribution >= 0.6 is 0 Å². The van der Waals surface area contributed by atoms with Gasteiger partial charge in [-0.05, 0) is 42.8 Å². The van der Waals surface area contributed by atoms with Crippen molar-refractivity contribution < 1.29 is 9.21 Å². The molecule has 3 aromatic carbocycles. The summed E-state index contributed by atoms with van der Waals surface area (Å²) in [5.74, 6) is 0.621. The second kappa shape index (κ2) is 5.56. The van der Waals surface area contributed by atoms with Gasteiger partial charge in [0.2, 0.25) is 5.89 Å². The highest BCUT2D eigenvalue weighted by Crippen LogP contribution is 2.32. The Morgan fingerprint density at radius 2 is 1.88 bits per heavy atom. The molecule has 0 bridgehead atoms. The minimum Gasteiger partial charge on any atom is -0.436 e. The third-order valence-corrected chi connectivity index (χ3v) is 4.77. The third kappa shape index (κ3) is 2.30. The molecular formula is C22H16N2O2. The Balaban J connectivity index is 1.54. The monoisotopic (exact) mass is 340 g/mol. The van der Waals surface area contributed by atoms with Gasteiger partial charge < -0.3 is 9.32 Å². The molecule has 0 unspecified atom stereocenters. The van der Waals surface area contributed by atoms with Crippen LogP contribution in [0, 0.1) is 6.92 Å². The van der Waals surface area contributed by atoms with Gasteiger partial charge in [0.25, 0.3) is 5.91 Å². The maximum Gasteiger partial charge on any atom is 0.258 e. The van der Waals surface area contributed by atoms with Crippen LogP contribution in [0.4, 0.5) is 5.69 Å². The maximum atomic E-state index is 12.7.